The van der Waals surface area contributed by atoms with Crippen LogP contribution in [-0.4, -0.2) is 144 Å². The summed E-state index contributed by atoms with van der Waals surface area (Å²) in [5, 5.41) is 43.5. The molecule has 3 heterocycles. The van der Waals surface area contributed by atoms with E-state index in [1.165, 1.54) is 0 Å². The van der Waals surface area contributed by atoms with E-state index in [4.69, 9.17) is 31.9 Å². The van der Waals surface area contributed by atoms with E-state index < -0.39 is 43.2 Å². The third-order valence-electron chi connectivity index (χ3n) is 9.42. The van der Waals surface area contributed by atoms with Crippen molar-refractivity contribution in [3.05, 3.63) is 22.2 Å². The number of amides is 3. The lowest BCUT2D eigenvalue weighted by Gasteiger charge is -2.41. The van der Waals surface area contributed by atoms with Gasteiger partial charge in [-0.2, -0.15) is 0 Å². The molecule has 1 aromatic rings. The van der Waals surface area contributed by atoms with Gasteiger partial charge >= 0.3 is 0 Å². The zero-order chi connectivity index (χ0) is 35.0. The molecule has 2 fully saturated rings. The van der Waals surface area contributed by atoms with E-state index in [0.717, 1.165) is 31.5 Å². The first kappa shape index (κ1) is 37.8. The number of anilines is 1. The van der Waals surface area contributed by atoms with Crippen LogP contribution in [0.15, 0.2) is 6.07 Å². The van der Waals surface area contributed by atoms with E-state index in [9.17, 15) is 34.5 Å². The highest BCUT2D eigenvalue weighted by molar-refractivity contribution is 6.33. The van der Waals surface area contributed by atoms with Gasteiger partial charge in [0.2, 0.25) is 11.8 Å². The van der Waals surface area contributed by atoms with Crippen molar-refractivity contribution in [3.63, 3.8) is 0 Å². The number of halogens is 1. The zero-order valence-corrected chi connectivity index (χ0v) is 28.0. The van der Waals surface area contributed by atoms with E-state index in [-0.39, 0.29) is 36.8 Å². The summed E-state index contributed by atoms with van der Waals surface area (Å²) in [6.45, 7) is 2.73. The molecule has 2 saturated heterocycles. The number of carbonyl (C=O) groups is 4. The van der Waals surface area contributed by atoms with Gasteiger partial charge in [-0.25, -0.2) is 0 Å². The second kappa shape index (κ2) is 17.6. The van der Waals surface area contributed by atoms with Crippen LogP contribution in [0, 0.1) is 5.92 Å². The summed E-state index contributed by atoms with van der Waals surface area (Å²) in [5.74, 6) is -0.984. The summed E-state index contributed by atoms with van der Waals surface area (Å²) in [6.07, 6.45) is -2.05. The van der Waals surface area contributed by atoms with E-state index >= 15 is 0 Å². The van der Waals surface area contributed by atoms with Crippen LogP contribution in [-0.2, 0) is 25.5 Å². The van der Waals surface area contributed by atoms with Crippen molar-refractivity contribution in [1.82, 2.24) is 20.4 Å². The average molecular weight is 698 g/mol. The van der Waals surface area contributed by atoms with Crippen LogP contribution in [0.2, 0.25) is 5.02 Å². The number of Topliss-reactive ketones (excluding diaryl/α,β-unsaturated/α-hetero) is 1. The maximum absolute atomic E-state index is 13.3. The van der Waals surface area contributed by atoms with Crippen molar-refractivity contribution in [2.45, 2.75) is 75.4 Å². The Bertz CT molecular complexity index is 1310. The van der Waals surface area contributed by atoms with Gasteiger partial charge in [-0.1, -0.05) is 11.6 Å². The van der Waals surface area contributed by atoms with Gasteiger partial charge in [0, 0.05) is 71.2 Å². The highest BCUT2D eigenvalue weighted by Crippen LogP contribution is 2.38. The summed E-state index contributed by atoms with van der Waals surface area (Å²) < 4.78 is 11.5. The molecule has 48 heavy (non-hydrogen) atoms. The number of nitrogen functional groups attached to an aromatic ring is 1. The fourth-order valence-electron chi connectivity index (χ4n) is 6.52. The Morgan fingerprint density at radius 2 is 1.85 bits per heavy atom. The number of ketones is 1. The number of aliphatic hydroxyl groups excluding tert-OH is 4. The number of hydrogen-bond acceptors (Lipinski definition) is 12. The monoisotopic (exact) mass is 697 g/mol. The largest absolute Gasteiger partial charge is 0.492 e. The van der Waals surface area contributed by atoms with Gasteiger partial charge in [-0.15, -0.1) is 0 Å². The summed E-state index contributed by atoms with van der Waals surface area (Å²) in [5.41, 5.74) is 7.68. The van der Waals surface area contributed by atoms with Gasteiger partial charge < -0.3 is 56.1 Å². The second-order valence-electron chi connectivity index (χ2n) is 12.7. The van der Waals surface area contributed by atoms with Crippen molar-refractivity contribution in [2.24, 2.45) is 5.92 Å². The lowest BCUT2D eigenvalue weighted by atomic mass is 9.93. The second-order valence-corrected chi connectivity index (χ2v) is 13.1. The van der Waals surface area contributed by atoms with Crippen molar-refractivity contribution in [2.75, 3.05) is 65.3 Å². The Hall–Kier alpha value is -3.05. The molecule has 8 N–H and O–H groups in total. The van der Waals surface area contributed by atoms with Crippen molar-refractivity contribution in [1.29, 1.82) is 0 Å². The van der Waals surface area contributed by atoms with Crippen LogP contribution in [0.3, 0.4) is 0 Å². The molecule has 1 aromatic carbocycles. The van der Waals surface area contributed by atoms with Crippen molar-refractivity contribution in [3.8, 4) is 5.75 Å². The number of aliphatic hydroxyl groups is 4. The average Bonchev–Trinajstić information content (AvgIpc) is 3.59. The summed E-state index contributed by atoms with van der Waals surface area (Å²) >= 11 is 6.30. The Morgan fingerprint density at radius 3 is 2.54 bits per heavy atom. The number of hydrogen-bond donors (Lipinski definition) is 7. The normalized spacial score (nSPS) is 21.9. The number of rotatable bonds is 15. The smallest absolute Gasteiger partial charge is 0.255 e. The molecule has 3 aliphatic heterocycles. The maximum Gasteiger partial charge on any atom is 0.255 e. The van der Waals surface area contributed by atoms with Crippen molar-refractivity contribution < 1.29 is 49.1 Å². The van der Waals surface area contributed by atoms with E-state index in [1.807, 2.05) is 4.90 Å². The zero-order valence-electron chi connectivity index (χ0n) is 27.2. The van der Waals surface area contributed by atoms with Crippen LogP contribution in [0.1, 0.15) is 54.4 Å². The number of carbonyl (C=O) groups excluding carboxylic acids is 4. The van der Waals surface area contributed by atoms with E-state index in [0.29, 0.717) is 73.4 Å². The Labute approximate surface area is 284 Å². The van der Waals surface area contributed by atoms with Gasteiger partial charge in [0.1, 0.15) is 24.1 Å². The van der Waals surface area contributed by atoms with Crippen LogP contribution in [0.4, 0.5) is 5.69 Å². The van der Waals surface area contributed by atoms with Crippen LogP contribution >= 0.6 is 11.6 Å². The summed E-state index contributed by atoms with van der Waals surface area (Å²) in [6, 6.07) is 1.38. The minimum atomic E-state index is -1.95. The van der Waals surface area contributed by atoms with Gasteiger partial charge in [-0.05, 0) is 37.7 Å². The van der Waals surface area contributed by atoms with Gasteiger partial charge in [0.25, 0.3) is 5.91 Å². The van der Waals surface area contributed by atoms with E-state index in [2.05, 4.69) is 15.5 Å². The van der Waals surface area contributed by atoms with Crippen molar-refractivity contribution >= 4 is 40.8 Å². The minimum Gasteiger partial charge on any atom is -0.492 e. The molecule has 3 amide bonds. The lowest BCUT2D eigenvalue weighted by Crippen LogP contribution is -2.55. The molecule has 16 heteroatoms. The number of likely N-dealkylation sites (tertiary alicyclic amines) is 2. The van der Waals surface area contributed by atoms with Crippen LogP contribution in [0.5, 0.6) is 5.75 Å². The maximum atomic E-state index is 13.3. The predicted molar refractivity (Wildman–Crippen MR) is 174 cm³/mol. The molecule has 0 aliphatic carbocycles. The molecular formula is C32H48ClN5O10. The molecule has 0 spiro atoms. The quantitative estimate of drug-likeness (QED) is 0.108. The number of nitrogens with one attached hydrogen (secondary N) is 2. The number of ether oxygens (including phenoxy) is 2. The molecule has 0 radical (unpaired) electrons. The molecular weight excluding hydrogens is 650 g/mol. The summed E-state index contributed by atoms with van der Waals surface area (Å²) in [4.78, 5) is 53.9. The third kappa shape index (κ3) is 9.55. The number of nitrogens with two attached hydrogens (primary N) is 1. The first-order chi connectivity index (χ1) is 22.9. The first-order valence-electron chi connectivity index (χ1n) is 16.5. The molecule has 0 aromatic heterocycles. The molecule has 3 aliphatic rings. The molecule has 4 rings (SSSR count). The van der Waals surface area contributed by atoms with Crippen LogP contribution in [0.25, 0.3) is 0 Å². The molecule has 268 valence electrons. The third-order valence-corrected chi connectivity index (χ3v) is 9.73. The summed E-state index contributed by atoms with van der Waals surface area (Å²) in [7, 11) is 1.64. The topological polar surface area (TPSA) is 224 Å². The predicted octanol–water partition coefficient (Wildman–Crippen LogP) is -1.15. The van der Waals surface area contributed by atoms with E-state index in [1.54, 1.807) is 13.2 Å². The molecule has 0 unspecified atom stereocenters. The number of fused-ring (bicyclic) bond motifs is 1. The molecule has 0 bridgehead atoms. The molecule has 0 saturated carbocycles. The van der Waals surface area contributed by atoms with Gasteiger partial charge in [0.05, 0.1) is 41.6 Å². The standard InChI is InChI=1S/C32H48ClN5O10/c1-47-25-16-37(9-7-22(25)36-32(46)20-13-21(33)28(34)19-8-12-48-31(19)20)15-18-5-10-38(11-6-18)27(43)4-2-3-26(42)35-14-23(40)29(44)30(45)24(41)17-39/h13,18,22-25,29,39-41,44H,2-12,14-17,34H2,1H3,(H,35,42)(H,36,46)/t22-,23+,24-,25+,29-/m1/s1. The Balaban J connectivity index is 1.13. The molecule has 15 nitrogen and oxygen atoms in total. The Kier molecular flexibility index (Phi) is 13.8. The van der Waals surface area contributed by atoms with Gasteiger partial charge in [-0.3, -0.25) is 19.2 Å². The van der Waals surface area contributed by atoms with Crippen LogP contribution < -0.4 is 21.1 Å². The van der Waals surface area contributed by atoms with Gasteiger partial charge in [0.15, 0.2) is 5.78 Å². The number of piperidine rings is 2. The first-order valence-corrected chi connectivity index (χ1v) is 16.8. The number of nitrogens with zero attached hydrogens (tertiary/aromatic N) is 2. The number of benzene rings is 1. The molecule has 5 atom stereocenters. The minimum absolute atomic E-state index is 0.0268. The number of methoxy groups -OCH3 is 1. The lowest BCUT2D eigenvalue weighted by molar-refractivity contribution is -0.143. The fourth-order valence-corrected chi connectivity index (χ4v) is 6.74. The SMILES string of the molecule is CO[C@H]1CN(CC2CCN(C(=O)CCCC(=O)NC[C@H](O)[C@@H](O)C(=O)[C@H](O)CO)CC2)CC[C@H]1NC(=O)c1cc(Cl)c(N)c2c1OCC2. The highest BCUT2D eigenvalue weighted by atomic mass is 35.5. The fraction of sp³-hybridized carbons (Fsp3) is 0.688. The Morgan fingerprint density at radius 1 is 1.12 bits per heavy atom. The highest BCUT2D eigenvalue weighted by Gasteiger charge is 2.34.